The van der Waals surface area contributed by atoms with Crippen LogP contribution in [-0.4, -0.2) is 29.5 Å². The molecule has 7 nitrogen and oxygen atoms in total. The van der Waals surface area contributed by atoms with E-state index in [1.54, 1.807) is 56.4 Å². The number of aromatic nitrogens is 2. The highest BCUT2D eigenvalue weighted by atomic mass is 32.2. The van der Waals surface area contributed by atoms with Crippen LogP contribution in [0.3, 0.4) is 0 Å². The molecule has 0 spiro atoms. The fraction of sp³-hybridized carbons (Fsp3) is 0.0800. The van der Waals surface area contributed by atoms with Crippen LogP contribution in [0.15, 0.2) is 71.9 Å². The molecule has 8 heteroatoms. The minimum Gasteiger partial charge on any atom is -0.477 e. The molecular formula is C25H19N3O4S. The van der Waals surface area contributed by atoms with Gasteiger partial charge in [-0.2, -0.15) is 0 Å². The predicted molar refractivity (Wildman–Crippen MR) is 126 cm³/mol. The predicted octanol–water partition coefficient (Wildman–Crippen LogP) is 4.15. The molecule has 0 fully saturated rings. The van der Waals surface area contributed by atoms with Crippen molar-refractivity contribution in [3.63, 3.8) is 0 Å². The van der Waals surface area contributed by atoms with Crippen molar-refractivity contribution in [2.45, 2.75) is 18.7 Å². The first-order valence-electron chi connectivity index (χ1n) is 9.94. The Morgan fingerprint density at radius 3 is 2.45 bits per heavy atom. The summed E-state index contributed by atoms with van der Waals surface area (Å²) in [6.45, 7) is 3.47. The lowest BCUT2D eigenvalue weighted by molar-refractivity contribution is 0.0690. The third kappa shape index (κ3) is 4.54. The highest BCUT2D eigenvalue weighted by molar-refractivity contribution is 7.93. The lowest BCUT2D eigenvalue weighted by Crippen LogP contribution is -2.16. The molecule has 0 aliphatic rings. The molecular weight excluding hydrogens is 438 g/mol. The highest BCUT2D eigenvalue weighted by Gasteiger charge is 2.22. The number of para-hydroxylation sites is 1. The molecule has 0 unspecified atom stereocenters. The summed E-state index contributed by atoms with van der Waals surface area (Å²) in [5.41, 5.74) is 2.91. The summed E-state index contributed by atoms with van der Waals surface area (Å²) >= 11 is 0. The second kappa shape index (κ2) is 8.73. The molecule has 164 valence electrons. The average Bonchev–Trinajstić information content (AvgIpc) is 2.78. The monoisotopic (exact) mass is 457 g/mol. The van der Waals surface area contributed by atoms with Gasteiger partial charge in [0.25, 0.3) is 10.0 Å². The molecule has 0 saturated heterocycles. The number of anilines is 1. The van der Waals surface area contributed by atoms with Gasteiger partial charge in [-0.05, 0) is 49.2 Å². The van der Waals surface area contributed by atoms with Crippen LogP contribution < -0.4 is 4.72 Å². The van der Waals surface area contributed by atoms with Gasteiger partial charge in [0.2, 0.25) is 0 Å². The van der Waals surface area contributed by atoms with Gasteiger partial charge in [0.05, 0.1) is 11.2 Å². The third-order valence-electron chi connectivity index (χ3n) is 5.03. The number of aromatic carboxylic acids is 1. The van der Waals surface area contributed by atoms with Crippen LogP contribution in [0.2, 0.25) is 0 Å². The highest BCUT2D eigenvalue weighted by Crippen LogP contribution is 2.27. The number of carboxylic acid groups (broad SMARTS) is 1. The first-order chi connectivity index (χ1) is 15.8. The van der Waals surface area contributed by atoms with Gasteiger partial charge in [0, 0.05) is 28.9 Å². The summed E-state index contributed by atoms with van der Waals surface area (Å²) in [5, 5.41) is 9.79. The molecule has 2 N–H and O–H groups in total. The van der Waals surface area contributed by atoms with E-state index in [-0.39, 0.29) is 10.6 Å². The van der Waals surface area contributed by atoms with E-state index in [1.807, 2.05) is 12.1 Å². The van der Waals surface area contributed by atoms with Crippen LogP contribution in [0.25, 0.3) is 10.9 Å². The lowest BCUT2D eigenvalue weighted by Gasteiger charge is -2.13. The molecule has 0 radical (unpaired) electrons. The standard InChI is InChI=1S/C25H19N3O4S/c1-16-9-10-19-7-5-13-26-23(19)24(16)33(31,32)28-21-8-4-3-6-18(21)11-12-20-15-27-22(25(29)30)14-17(20)2/h3-10,13-15,28H,1-2H3,(H,29,30). The van der Waals surface area contributed by atoms with Crippen LogP contribution in [0.4, 0.5) is 5.69 Å². The van der Waals surface area contributed by atoms with E-state index < -0.39 is 16.0 Å². The topological polar surface area (TPSA) is 109 Å². The number of hydrogen-bond acceptors (Lipinski definition) is 5. The van der Waals surface area contributed by atoms with Gasteiger partial charge in [0.15, 0.2) is 0 Å². The molecule has 0 atom stereocenters. The second-order valence-corrected chi connectivity index (χ2v) is 9.00. The summed E-state index contributed by atoms with van der Waals surface area (Å²) in [7, 11) is -3.96. The Morgan fingerprint density at radius 1 is 0.939 bits per heavy atom. The number of benzene rings is 2. The van der Waals surface area contributed by atoms with E-state index in [1.165, 1.54) is 12.3 Å². The first kappa shape index (κ1) is 22.0. The van der Waals surface area contributed by atoms with Crippen molar-refractivity contribution in [1.82, 2.24) is 9.97 Å². The Kier molecular flexibility index (Phi) is 5.82. The zero-order valence-electron chi connectivity index (χ0n) is 17.8. The summed E-state index contributed by atoms with van der Waals surface area (Å²) in [6, 6.07) is 15.4. The molecule has 0 amide bonds. The van der Waals surface area contributed by atoms with Gasteiger partial charge >= 0.3 is 5.97 Å². The number of hydrogen-bond donors (Lipinski definition) is 2. The van der Waals surface area contributed by atoms with Crippen LogP contribution in [0.1, 0.15) is 32.7 Å². The van der Waals surface area contributed by atoms with E-state index in [9.17, 15) is 13.2 Å². The van der Waals surface area contributed by atoms with E-state index in [2.05, 4.69) is 26.5 Å². The van der Waals surface area contributed by atoms with Gasteiger partial charge in [-0.25, -0.2) is 18.2 Å². The maximum absolute atomic E-state index is 13.4. The molecule has 0 aliphatic carbocycles. The number of nitrogens with zero attached hydrogens (tertiary/aromatic N) is 2. The van der Waals surface area contributed by atoms with Crippen molar-refractivity contribution in [2.75, 3.05) is 4.72 Å². The van der Waals surface area contributed by atoms with Gasteiger partial charge < -0.3 is 5.11 Å². The Bertz CT molecular complexity index is 1570. The van der Waals surface area contributed by atoms with E-state index in [0.29, 0.717) is 33.5 Å². The molecule has 33 heavy (non-hydrogen) atoms. The van der Waals surface area contributed by atoms with E-state index in [4.69, 9.17) is 5.11 Å². The van der Waals surface area contributed by atoms with Crippen molar-refractivity contribution in [3.05, 3.63) is 94.9 Å². The third-order valence-corrected chi connectivity index (χ3v) is 6.57. The fourth-order valence-electron chi connectivity index (χ4n) is 3.37. The van der Waals surface area contributed by atoms with Gasteiger partial charge in [-0.3, -0.25) is 9.71 Å². The molecule has 0 saturated carbocycles. The molecule has 2 aromatic heterocycles. The Morgan fingerprint density at radius 2 is 1.70 bits per heavy atom. The minimum atomic E-state index is -3.96. The minimum absolute atomic E-state index is 0.0646. The Balaban J connectivity index is 1.73. The number of pyridine rings is 2. The first-order valence-corrected chi connectivity index (χ1v) is 11.4. The van der Waals surface area contributed by atoms with Gasteiger partial charge in [0.1, 0.15) is 10.6 Å². The molecule has 2 aromatic carbocycles. The number of aryl methyl sites for hydroxylation is 2. The van der Waals surface area contributed by atoms with Crippen molar-refractivity contribution in [3.8, 4) is 11.8 Å². The molecule has 0 bridgehead atoms. The quantitative estimate of drug-likeness (QED) is 0.446. The normalized spacial score (nSPS) is 11.0. The average molecular weight is 458 g/mol. The lowest BCUT2D eigenvalue weighted by atomic mass is 10.1. The zero-order valence-corrected chi connectivity index (χ0v) is 18.6. The Labute approximate surface area is 191 Å². The molecule has 4 aromatic rings. The second-order valence-electron chi connectivity index (χ2n) is 7.38. The van der Waals surface area contributed by atoms with Gasteiger partial charge in [-0.1, -0.05) is 42.2 Å². The van der Waals surface area contributed by atoms with Crippen molar-refractivity contribution < 1.29 is 18.3 Å². The summed E-state index contributed by atoms with van der Waals surface area (Å²) < 4.78 is 29.4. The number of rotatable bonds is 4. The fourth-order valence-corrected chi connectivity index (χ4v) is 4.86. The molecule has 2 heterocycles. The van der Waals surface area contributed by atoms with E-state index >= 15 is 0 Å². The van der Waals surface area contributed by atoms with Crippen LogP contribution in [-0.2, 0) is 10.0 Å². The van der Waals surface area contributed by atoms with Gasteiger partial charge in [-0.15, -0.1) is 0 Å². The van der Waals surface area contributed by atoms with Crippen molar-refractivity contribution in [2.24, 2.45) is 0 Å². The number of nitrogens with one attached hydrogen (secondary N) is 1. The van der Waals surface area contributed by atoms with Crippen molar-refractivity contribution in [1.29, 1.82) is 0 Å². The number of carboxylic acids is 1. The van der Waals surface area contributed by atoms with Crippen molar-refractivity contribution >= 4 is 32.6 Å². The Hall–Kier alpha value is -4.22. The number of sulfonamides is 1. The summed E-state index contributed by atoms with van der Waals surface area (Å²) in [5.74, 6) is 4.80. The molecule has 4 rings (SSSR count). The summed E-state index contributed by atoms with van der Waals surface area (Å²) in [6.07, 6.45) is 2.95. The summed E-state index contributed by atoms with van der Waals surface area (Å²) in [4.78, 5) is 19.4. The van der Waals surface area contributed by atoms with Crippen LogP contribution >= 0.6 is 0 Å². The largest absolute Gasteiger partial charge is 0.477 e. The van der Waals surface area contributed by atoms with Crippen LogP contribution in [0.5, 0.6) is 0 Å². The smallest absolute Gasteiger partial charge is 0.354 e. The maximum Gasteiger partial charge on any atom is 0.354 e. The SMILES string of the molecule is Cc1cc(C(=O)O)ncc1C#Cc1ccccc1NS(=O)(=O)c1c(C)ccc2cccnc12. The zero-order chi connectivity index (χ0) is 23.6. The molecule has 0 aliphatic heterocycles. The maximum atomic E-state index is 13.4. The van der Waals surface area contributed by atoms with Crippen LogP contribution in [0, 0.1) is 25.7 Å². The number of carbonyl (C=O) groups is 1. The van der Waals surface area contributed by atoms with E-state index in [0.717, 1.165) is 5.39 Å². The number of fused-ring (bicyclic) bond motifs is 1.